The highest BCUT2D eigenvalue weighted by Crippen LogP contribution is 1.93. The molecule has 3 nitrogen and oxygen atoms in total. The lowest BCUT2D eigenvalue weighted by Gasteiger charge is -1.69. The van der Waals surface area contributed by atoms with E-state index in [1.54, 1.807) is 12.5 Å². The molecule has 0 radical (unpaired) electrons. The number of Topliss-reactive ketones (excluding diaryl/α,β-unsaturated/α-hetero) is 1. The van der Waals surface area contributed by atoms with E-state index in [2.05, 4.69) is 0 Å². The van der Waals surface area contributed by atoms with Gasteiger partial charge in [0, 0.05) is 0 Å². The lowest BCUT2D eigenvalue weighted by Crippen LogP contribution is -1.69. The molecule has 2 aromatic heterocycles. The summed E-state index contributed by atoms with van der Waals surface area (Å²) in [5.41, 5.74) is 0. The van der Waals surface area contributed by atoms with Gasteiger partial charge in [-0.1, -0.05) is 0 Å². The summed E-state index contributed by atoms with van der Waals surface area (Å²) in [6.07, 6.45) is 3.32. The maximum Gasteiger partial charge on any atom is 0.126 e. The fourth-order valence-electron chi connectivity index (χ4n) is 0.721. The molecule has 0 unspecified atom stereocenters. The van der Waals surface area contributed by atoms with Crippen molar-refractivity contribution in [2.75, 3.05) is 0 Å². The summed E-state index contributed by atoms with van der Waals surface area (Å²) < 4.78 is 9.67. The summed E-state index contributed by atoms with van der Waals surface area (Å²) in [6, 6.07) is 7.57. The first-order chi connectivity index (χ1) is 7.52. The van der Waals surface area contributed by atoms with Gasteiger partial charge in [0.15, 0.2) is 0 Å². The number of furan rings is 2. The maximum absolute atomic E-state index is 9.44. The molecule has 88 valence electrons. The van der Waals surface area contributed by atoms with Crippen LogP contribution in [0.2, 0.25) is 0 Å². The number of rotatable bonds is 0. The molecular formula is C13H18O3. The molecule has 0 saturated heterocycles. The van der Waals surface area contributed by atoms with Crippen molar-refractivity contribution in [1.82, 2.24) is 0 Å². The molecule has 0 aliphatic rings. The Morgan fingerprint density at radius 2 is 1.25 bits per heavy atom. The largest absolute Gasteiger partial charge is 0.470 e. The Balaban J connectivity index is 0.000000217. The third-order valence-electron chi connectivity index (χ3n) is 1.33. The Morgan fingerprint density at radius 1 is 0.938 bits per heavy atom. The Labute approximate surface area is 96.1 Å². The third-order valence-corrected chi connectivity index (χ3v) is 1.33. The van der Waals surface area contributed by atoms with Crippen molar-refractivity contribution >= 4 is 5.78 Å². The minimum atomic E-state index is 0.167. The van der Waals surface area contributed by atoms with Gasteiger partial charge in [0.25, 0.3) is 0 Å². The Morgan fingerprint density at radius 3 is 1.31 bits per heavy atom. The van der Waals surface area contributed by atoms with Gasteiger partial charge in [-0.3, -0.25) is 0 Å². The summed E-state index contributed by atoms with van der Waals surface area (Å²) in [6.45, 7) is 6.89. The van der Waals surface area contributed by atoms with Crippen molar-refractivity contribution in [2.45, 2.75) is 27.7 Å². The Hall–Kier alpha value is -1.77. The first-order valence-corrected chi connectivity index (χ1v) is 4.99. The third kappa shape index (κ3) is 10.3. The van der Waals surface area contributed by atoms with Crippen molar-refractivity contribution in [3.05, 3.63) is 48.3 Å². The number of hydrogen-bond acceptors (Lipinski definition) is 3. The fraction of sp³-hybridized carbons (Fsp3) is 0.308. The number of ketones is 1. The number of carbonyl (C=O) groups excluding carboxylic acids is 1. The molecule has 0 aliphatic carbocycles. The Bertz CT molecular complexity index is 322. The van der Waals surface area contributed by atoms with Crippen molar-refractivity contribution in [3.8, 4) is 0 Å². The maximum atomic E-state index is 9.44. The SMILES string of the molecule is CC(C)=O.Cc1ccco1.Cc1ccco1. The molecule has 0 saturated carbocycles. The summed E-state index contributed by atoms with van der Waals surface area (Å²) in [7, 11) is 0. The molecule has 3 heteroatoms. The van der Waals surface area contributed by atoms with Crippen LogP contribution in [0.5, 0.6) is 0 Å². The normalized spacial score (nSPS) is 8.25. The van der Waals surface area contributed by atoms with Crippen molar-refractivity contribution < 1.29 is 13.6 Å². The molecule has 0 spiro atoms. The van der Waals surface area contributed by atoms with E-state index in [-0.39, 0.29) is 5.78 Å². The molecule has 0 N–H and O–H groups in total. The predicted octanol–water partition coefficient (Wildman–Crippen LogP) is 3.77. The van der Waals surface area contributed by atoms with E-state index in [0.717, 1.165) is 11.5 Å². The minimum absolute atomic E-state index is 0.167. The summed E-state index contributed by atoms with van der Waals surface area (Å²) in [4.78, 5) is 9.44. The number of carbonyl (C=O) groups is 1. The van der Waals surface area contributed by atoms with Crippen LogP contribution in [0.25, 0.3) is 0 Å². The van der Waals surface area contributed by atoms with Gasteiger partial charge in [-0.25, -0.2) is 0 Å². The number of aryl methyl sites for hydroxylation is 2. The molecule has 2 rings (SSSR count). The van der Waals surface area contributed by atoms with Crippen LogP contribution in [0.1, 0.15) is 25.4 Å². The molecule has 2 heterocycles. The van der Waals surface area contributed by atoms with E-state index < -0.39 is 0 Å². The molecule has 0 aromatic carbocycles. The molecule has 16 heavy (non-hydrogen) atoms. The molecule has 0 amide bonds. The smallest absolute Gasteiger partial charge is 0.126 e. The highest BCUT2D eigenvalue weighted by atomic mass is 16.3. The zero-order chi connectivity index (χ0) is 12.4. The van der Waals surface area contributed by atoms with Gasteiger partial charge in [-0.15, -0.1) is 0 Å². The van der Waals surface area contributed by atoms with Crippen LogP contribution in [0.15, 0.2) is 45.6 Å². The van der Waals surface area contributed by atoms with Gasteiger partial charge >= 0.3 is 0 Å². The van der Waals surface area contributed by atoms with Gasteiger partial charge in [0.1, 0.15) is 17.3 Å². The van der Waals surface area contributed by atoms with Crippen LogP contribution in [0, 0.1) is 13.8 Å². The minimum Gasteiger partial charge on any atom is -0.470 e. The van der Waals surface area contributed by atoms with Crippen LogP contribution in [0.3, 0.4) is 0 Å². The van der Waals surface area contributed by atoms with Crippen molar-refractivity contribution in [3.63, 3.8) is 0 Å². The zero-order valence-electron chi connectivity index (χ0n) is 10.2. The fourth-order valence-corrected chi connectivity index (χ4v) is 0.721. The first-order valence-electron chi connectivity index (χ1n) is 4.99. The van der Waals surface area contributed by atoms with Crippen molar-refractivity contribution in [2.24, 2.45) is 0 Å². The Kier molecular flexibility index (Phi) is 7.59. The molecule has 0 aliphatic heterocycles. The summed E-state index contributed by atoms with van der Waals surface area (Å²) in [5.74, 6) is 2.10. The van der Waals surface area contributed by atoms with Crippen LogP contribution in [-0.4, -0.2) is 5.78 Å². The second-order valence-corrected chi connectivity index (χ2v) is 3.36. The molecule has 0 fully saturated rings. The van der Waals surface area contributed by atoms with Gasteiger partial charge in [-0.05, 0) is 52.0 Å². The summed E-state index contributed by atoms with van der Waals surface area (Å²) in [5, 5.41) is 0. The second-order valence-electron chi connectivity index (χ2n) is 3.36. The monoisotopic (exact) mass is 222 g/mol. The predicted molar refractivity (Wildman–Crippen MR) is 63.2 cm³/mol. The highest BCUT2D eigenvalue weighted by molar-refractivity contribution is 5.72. The van der Waals surface area contributed by atoms with Crippen molar-refractivity contribution in [1.29, 1.82) is 0 Å². The standard InChI is InChI=1S/2C5H6O.C3H6O/c2*1-5-3-2-4-6-5;1-3(2)4/h2*2-4H,1H3;1-2H3. The van der Waals surface area contributed by atoms with E-state index >= 15 is 0 Å². The van der Waals surface area contributed by atoms with Crippen LogP contribution in [-0.2, 0) is 4.79 Å². The van der Waals surface area contributed by atoms with Crippen LogP contribution >= 0.6 is 0 Å². The van der Waals surface area contributed by atoms with E-state index in [1.165, 1.54) is 13.8 Å². The van der Waals surface area contributed by atoms with E-state index in [4.69, 9.17) is 8.83 Å². The molecule has 0 bridgehead atoms. The molecular weight excluding hydrogens is 204 g/mol. The molecule has 0 atom stereocenters. The van der Waals surface area contributed by atoms with E-state index in [0.29, 0.717) is 0 Å². The van der Waals surface area contributed by atoms with Gasteiger partial charge < -0.3 is 13.6 Å². The average Bonchev–Trinajstić information content (AvgIpc) is 2.78. The van der Waals surface area contributed by atoms with Gasteiger partial charge in [0.05, 0.1) is 12.5 Å². The lowest BCUT2D eigenvalue weighted by molar-refractivity contribution is -0.114. The topological polar surface area (TPSA) is 43.4 Å². The quantitative estimate of drug-likeness (QED) is 0.681. The number of hydrogen-bond donors (Lipinski definition) is 0. The zero-order valence-corrected chi connectivity index (χ0v) is 10.2. The van der Waals surface area contributed by atoms with Crippen LogP contribution in [0.4, 0.5) is 0 Å². The lowest BCUT2D eigenvalue weighted by atomic mass is 10.5. The molecule has 2 aromatic rings. The van der Waals surface area contributed by atoms with Gasteiger partial charge in [0.2, 0.25) is 0 Å². The van der Waals surface area contributed by atoms with Gasteiger partial charge in [-0.2, -0.15) is 0 Å². The average molecular weight is 222 g/mol. The van der Waals surface area contributed by atoms with Crippen LogP contribution < -0.4 is 0 Å². The first kappa shape index (κ1) is 14.2. The summed E-state index contributed by atoms with van der Waals surface area (Å²) >= 11 is 0. The second kappa shape index (κ2) is 8.53. The highest BCUT2D eigenvalue weighted by Gasteiger charge is 1.76. The van der Waals surface area contributed by atoms with E-state index in [1.807, 2.05) is 38.1 Å². The van der Waals surface area contributed by atoms with E-state index in [9.17, 15) is 4.79 Å².